The van der Waals surface area contributed by atoms with Crippen molar-refractivity contribution in [3.05, 3.63) is 39.6 Å². The molecule has 1 aliphatic rings. The van der Waals surface area contributed by atoms with Crippen LogP contribution in [0.2, 0.25) is 0 Å². The zero-order valence-corrected chi connectivity index (χ0v) is 13.4. The number of aromatic amines is 1. The number of nitrogens with one attached hydrogen (secondary N) is 1. The van der Waals surface area contributed by atoms with Gasteiger partial charge in [0.25, 0.3) is 0 Å². The van der Waals surface area contributed by atoms with Crippen molar-refractivity contribution < 1.29 is 4.79 Å². The maximum atomic E-state index is 12.6. The topological polar surface area (TPSA) is 49.0 Å². The number of Topliss-reactive ketones (excluding diaryl/α,β-unsaturated/α-hetero) is 1. The van der Waals surface area contributed by atoms with E-state index in [1.165, 1.54) is 0 Å². The highest BCUT2D eigenvalue weighted by Gasteiger charge is 2.28. The van der Waals surface area contributed by atoms with Crippen LogP contribution in [-0.2, 0) is 6.54 Å². The Hall–Kier alpha value is -1.46. The predicted molar refractivity (Wildman–Crippen MR) is 84.7 cm³/mol. The molecule has 1 saturated heterocycles. The van der Waals surface area contributed by atoms with Crippen LogP contribution in [0.4, 0.5) is 0 Å². The van der Waals surface area contributed by atoms with Crippen LogP contribution >= 0.6 is 11.3 Å². The Labute approximate surface area is 129 Å². The maximum absolute atomic E-state index is 12.6. The summed E-state index contributed by atoms with van der Waals surface area (Å²) in [7, 11) is 0. The second-order valence-corrected chi connectivity index (χ2v) is 6.78. The van der Waals surface area contributed by atoms with Gasteiger partial charge >= 0.3 is 0 Å². The number of carbonyl (C=O) groups excluding carboxylic acids is 1. The van der Waals surface area contributed by atoms with Crippen LogP contribution in [0.25, 0.3) is 0 Å². The van der Waals surface area contributed by atoms with Gasteiger partial charge in [0.05, 0.1) is 4.88 Å². The molecule has 3 rings (SSSR count). The van der Waals surface area contributed by atoms with Crippen molar-refractivity contribution in [2.24, 2.45) is 5.92 Å². The lowest BCUT2D eigenvalue weighted by molar-refractivity contribution is 0.0814. The highest BCUT2D eigenvalue weighted by atomic mass is 32.1. The Morgan fingerprint density at radius 3 is 3.05 bits per heavy atom. The summed E-state index contributed by atoms with van der Waals surface area (Å²) in [5, 5.41) is 2.01. The van der Waals surface area contributed by atoms with Crippen LogP contribution < -0.4 is 0 Å². The van der Waals surface area contributed by atoms with E-state index in [2.05, 4.69) is 14.9 Å². The molecule has 0 bridgehead atoms. The summed E-state index contributed by atoms with van der Waals surface area (Å²) in [6.45, 7) is 6.76. The van der Waals surface area contributed by atoms with Crippen LogP contribution in [0, 0.1) is 19.8 Å². The van der Waals surface area contributed by atoms with Crippen molar-refractivity contribution in [1.82, 2.24) is 14.9 Å². The third-order valence-corrected chi connectivity index (χ3v) is 5.14. The number of aromatic nitrogens is 2. The molecule has 1 fully saturated rings. The molecule has 0 spiro atoms. The summed E-state index contributed by atoms with van der Waals surface area (Å²) in [5.74, 6) is 1.41. The fraction of sp³-hybridized carbons (Fsp3) is 0.500. The molecule has 112 valence electrons. The molecular weight excluding hydrogens is 282 g/mol. The number of piperidine rings is 1. The van der Waals surface area contributed by atoms with Crippen LogP contribution in [0.3, 0.4) is 0 Å². The molecule has 0 aromatic carbocycles. The number of aryl methyl sites for hydroxylation is 2. The lowest BCUT2D eigenvalue weighted by atomic mass is 9.92. The summed E-state index contributed by atoms with van der Waals surface area (Å²) in [4.78, 5) is 23.5. The summed E-state index contributed by atoms with van der Waals surface area (Å²) >= 11 is 1.58. The van der Waals surface area contributed by atoms with Crippen molar-refractivity contribution in [1.29, 1.82) is 0 Å². The summed E-state index contributed by atoms with van der Waals surface area (Å²) in [6, 6.07) is 2.03. The van der Waals surface area contributed by atoms with Gasteiger partial charge in [0.1, 0.15) is 5.82 Å². The van der Waals surface area contributed by atoms with E-state index in [0.717, 1.165) is 54.4 Å². The van der Waals surface area contributed by atoms with Crippen molar-refractivity contribution >= 4 is 17.1 Å². The lowest BCUT2D eigenvalue weighted by Crippen LogP contribution is -2.38. The molecule has 2 aromatic rings. The minimum Gasteiger partial charge on any atom is -0.345 e. The normalized spacial score (nSPS) is 19.8. The Morgan fingerprint density at radius 2 is 2.38 bits per heavy atom. The molecule has 3 heterocycles. The number of hydrogen-bond acceptors (Lipinski definition) is 4. The smallest absolute Gasteiger partial charge is 0.177 e. The first-order valence-corrected chi connectivity index (χ1v) is 8.32. The molecule has 1 atom stereocenters. The molecule has 21 heavy (non-hydrogen) atoms. The highest BCUT2D eigenvalue weighted by molar-refractivity contribution is 7.12. The molecule has 2 aromatic heterocycles. The Balaban J connectivity index is 1.65. The second kappa shape index (κ2) is 6.12. The molecule has 0 amide bonds. The first-order valence-electron chi connectivity index (χ1n) is 7.44. The quantitative estimate of drug-likeness (QED) is 0.883. The number of likely N-dealkylation sites (tertiary alicyclic amines) is 1. The maximum Gasteiger partial charge on any atom is 0.177 e. The van der Waals surface area contributed by atoms with Crippen molar-refractivity contribution in [3.8, 4) is 0 Å². The van der Waals surface area contributed by atoms with E-state index in [0.29, 0.717) is 5.78 Å². The largest absolute Gasteiger partial charge is 0.345 e. The number of nitrogens with zero attached hydrogens (tertiary/aromatic N) is 2. The number of rotatable bonds is 4. The Morgan fingerprint density at radius 1 is 1.52 bits per heavy atom. The van der Waals surface area contributed by atoms with Crippen molar-refractivity contribution in [3.63, 3.8) is 0 Å². The van der Waals surface area contributed by atoms with Gasteiger partial charge in [0.2, 0.25) is 0 Å². The molecule has 4 nitrogen and oxygen atoms in total. The third-order valence-electron chi connectivity index (χ3n) is 4.11. The zero-order chi connectivity index (χ0) is 14.8. The van der Waals surface area contributed by atoms with E-state index in [1.54, 1.807) is 11.3 Å². The number of H-pyrrole nitrogens is 1. The van der Waals surface area contributed by atoms with E-state index in [-0.39, 0.29) is 5.92 Å². The standard InChI is InChI=1S/C16H21N3OS/c1-11-5-7-21-16(11)15(20)13-4-3-6-19(9-13)10-14-8-17-12(2)18-14/h5,7-8,13H,3-4,6,9-10H2,1-2H3,(H,17,18)/t13-/m0/s1. The van der Waals surface area contributed by atoms with E-state index in [4.69, 9.17) is 0 Å². The number of thiophene rings is 1. The van der Waals surface area contributed by atoms with Gasteiger partial charge < -0.3 is 4.98 Å². The third kappa shape index (κ3) is 3.24. The first-order chi connectivity index (χ1) is 10.1. The molecule has 1 N–H and O–H groups in total. The van der Waals surface area contributed by atoms with Gasteiger partial charge in [-0.15, -0.1) is 11.3 Å². The van der Waals surface area contributed by atoms with Gasteiger partial charge in [-0.2, -0.15) is 0 Å². The minimum absolute atomic E-state index is 0.139. The van der Waals surface area contributed by atoms with Gasteiger partial charge in [0.15, 0.2) is 5.78 Å². The number of imidazole rings is 1. The molecule has 5 heteroatoms. The first kappa shape index (κ1) is 14.5. The van der Waals surface area contributed by atoms with Gasteiger partial charge in [0, 0.05) is 30.9 Å². The van der Waals surface area contributed by atoms with Crippen LogP contribution in [0.5, 0.6) is 0 Å². The molecule has 0 unspecified atom stereocenters. The monoisotopic (exact) mass is 303 g/mol. The average Bonchev–Trinajstić information content (AvgIpc) is 3.07. The van der Waals surface area contributed by atoms with Crippen LogP contribution in [0.1, 0.15) is 39.6 Å². The van der Waals surface area contributed by atoms with E-state index < -0.39 is 0 Å². The number of ketones is 1. The number of carbonyl (C=O) groups is 1. The fourth-order valence-electron chi connectivity index (χ4n) is 3.02. The molecule has 0 radical (unpaired) electrons. The van der Waals surface area contributed by atoms with E-state index >= 15 is 0 Å². The minimum atomic E-state index is 0.139. The van der Waals surface area contributed by atoms with Crippen LogP contribution in [0.15, 0.2) is 17.6 Å². The van der Waals surface area contributed by atoms with Crippen LogP contribution in [-0.4, -0.2) is 33.7 Å². The summed E-state index contributed by atoms with van der Waals surface area (Å²) < 4.78 is 0. The highest BCUT2D eigenvalue weighted by Crippen LogP contribution is 2.26. The summed E-state index contributed by atoms with van der Waals surface area (Å²) in [6.07, 6.45) is 3.99. The SMILES string of the molecule is Cc1ncc(CN2CCC[C@H](C(=O)c3sccc3C)C2)[nH]1. The van der Waals surface area contributed by atoms with E-state index in [1.807, 2.05) is 31.5 Å². The van der Waals surface area contributed by atoms with Crippen molar-refractivity contribution in [2.75, 3.05) is 13.1 Å². The molecular formula is C16H21N3OS. The summed E-state index contributed by atoms with van der Waals surface area (Å²) in [5.41, 5.74) is 2.25. The second-order valence-electron chi connectivity index (χ2n) is 5.87. The molecule has 1 aliphatic heterocycles. The predicted octanol–water partition coefficient (Wildman–Crippen LogP) is 3.18. The Bertz CT molecular complexity index is 631. The van der Waals surface area contributed by atoms with E-state index in [9.17, 15) is 4.79 Å². The molecule has 0 saturated carbocycles. The van der Waals surface area contributed by atoms with Crippen molar-refractivity contribution in [2.45, 2.75) is 33.2 Å². The van der Waals surface area contributed by atoms with Gasteiger partial charge in [-0.1, -0.05) is 0 Å². The van der Waals surface area contributed by atoms with Gasteiger partial charge in [-0.3, -0.25) is 9.69 Å². The zero-order valence-electron chi connectivity index (χ0n) is 12.6. The van der Waals surface area contributed by atoms with Gasteiger partial charge in [-0.25, -0.2) is 4.98 Å². The fourth-order valence-corrected chi connectivity index (χ4v) is 3.96. The lowest BCUT2D eigenvalue weighted by Gasteiger charge is -2.31. The Kier molecular flexibility index (Phi) is 4.22. The molecule has 0 aliphatic carbocycles. The van der Waals surface area contributed by atoms with Gasteiger partial charge in [-0.05, 0) is 50.2 Å². The number of hydrogen-bond donors (Lipinski definition) is 1. The average molecular weight is 303 g/mol.